The molecule has 1 saturated carbocycles. The summed E-state index contributed by atoms with van der Waals surface area (Å²) in [7, 11) is -0.719. The molecule has 3 aliphatic rings. The van der Waals surface area contributed by atoms with Crippen molar-refractivity contribution in [2.45, 2.75) is 48.3 Å². The van der Waals surface area contributed by atoms with E-state index in [4.69, 9.17) is 0 Å². The Morgan fingerprint density at radius 1 is 1.27 bits per heavy atom. The molecule has 10 nitrogen and oxygen atoms in total. The van der Waals surface area contributed by atoms with Crippen LogP contribution in [0, 0.1) is 0 Å². The lowest BCUT2D eigenvalue weighted by atomic mass is 9.98. The number of carbonyl (C=O) groups excluding carboxylic acids is 3. The van der Waals surface area contributed by atoms with Crippen molar-refractivity contribution in [3.8, 4) is 0 Å². The fraction of sp³-hybridized carbons (Fsp3) is 0.524. The first-order valence-electron chi connectivity index (χ1n) is 10.8. The molecule has 1 N–H and O–H groups in total. The fourth-order valence-corrected chi connectivity index (χ4v) is 6.29. The molecule has 1 aliphatic carbocycles. The van der Waals surface area contributed by atoms with Crippen LogP contribution < -0.4 is 5.32 Å². The summed E-state index contributed by atoms with van der Waals surface area (Å²) in [5.74, 6) is -0.737. The van der Waals surface area contributed by atoms with Crippen LogP contribution in [0.25, 0.3) is 0 Å². The molecule has 178 valence electrons. The Labute approximate surface area is 197 Å². The average molecular weight is 494 g/mol. The van der Waals surface area contributed by atoms with Gasteiger partial charge in [-0.25, -0.2) is 22.5 Å². The van der Waals surface area contributed by atoms with Crippen molar-refractivity contribution in [1.82, 2.24) is 19.4 Å². The maximum absolute atomic E-state index is 13.1. The lowest BCUT2D eigenvalue weighted by Crippen LogP contribution is -2.46. The summed E-state index contributed by atoms with van der Waals surface area (Å²) in [5, 5.41) is 3.26. The summed E-state index contributed by atoms with van der Waals surface area (Å²) in [4.78, 5) is 45.5. The van der Waals surface area contributed by atoms with E-state index in [0.29, 0.717) is 30.2 Å². The van der Waals surface area contributed by atoms with Crippen LogP contribution >= 0.6 is 11.8 Å². The smallest absolute Gasteiger partial charge is 0.323 e. The third-order valence-corrected chi connectivity index (χ3v) is 8.98. The van der Waals surface area contributed by atoms with Gasteiger partial charge in [-0.05, 0) is 31.0 Å². The number of sulfonamides is 1. The Hall–Kier alpha value is -2.44. The summed E-state index contributed by atoms with van der Waals surface area (Å²) in [5.41, 5.74) is -0.466. The highest BCUT2D eigenvalue weighted by molar-refractivity contribution is 8.14. The molecule has 1 atom stereocenters. The lowest BCUT2D eigenvalue weighted by molar-refractivity contribution is -0.136. The zero-order chi connectivity index (χ0) is 24.0. The predicted molar refractivity (Wildman–Crippen MR) is 125 cm³/mol. The second-order valence-electron chi connectivity index (χ2n) is 8.72. The minimum atomic E-state index is -3.62. The van der Waals surface area contributed by atoms with Crippen LogP contribution in [0.2, 0.25) is 0 Å². The molecule has 0 aromatic heterocycles. The first-order valence-corrected chi connectivity index (χ1v) is 13.1. The van der Waals surface area contributed by atoms with Gasteiger partial charge in [0.2, 0.25) is 15.9 Å². The molecule has 1 unspecified atom stereocenters. The van der Waals surface area contributed by atoms with Crippen LogP contribution in [-0.4, -0.2) is 83.5 Å². The molecule has 4 amide bonds. The molecular formula is C21H27N5O5S2. The van der Waals surface area contributed by atoms with Crippen molar-refractivity contribution in [3.63, 3.8) is 0 Å². The van der Waals surface area contributed by atoms with E-state index >= 15 is 0 Å². The number of benzene rings is 1. The van der Waals surface area contributed by atoms with Gasteiger partial charge in [0, 0.05) is 25.9 Å². The summed E-state index contributed by atoms with van der Waals surface area (Å²) < 4.78 is 26.0. The minimum absolute atomic E-state index is 0.0608. The third-order valence-electron chi connectivity index (χ3n) is 6.10. The third kappa shape index (κ3) is 4.38. The first kappa shape index (κ1) is 23.7. The highest BCUT2D eigenvalue weighted by atomic mass is 32.2. The number of imide groups is 1. The fourth-order valence-electron chi connectivity index (χ4n) is 4.30. The number of carbonyl (C=O) groups is 3. The summed E-state index contributed by atoms with van der Waals surface area (Å²) in [6, 6.07) is 5.67. The van der Waals surface area contributed by atoms with Crippen molar-refractivity contribution in [2.24, 2.45) is 4.99 Å². The number of nitrogens with one attached hydrogen (secondary N) is 1. The number of thioether (sulfide) groups is 1. The summed E-state index contributed by atoms with van der Waals surface area (Å²) in [6.07, 6.45) is 2.93. The summed E-state index contributed by atoms with van der Waals surface area (Å²) >= 11 is 1.39. The minimum Gasteiger partial charge on any atom is -0.323 e. The Morgan fingerprint density at radius 3 is 2.64 bits per heavy atom. The van der Waals surface area contributed by atoms with E-state index in [0.717, 1.165) is 22.0 Å². The van der Waals surface area contributed by atoms with Crippen LogP contribution in [0.5, 0.6) is 0 Å². The van der Waals surface area contributed by atoms with Crippen molar-refractivity contribution in [1.29, 1.82) is 0 Å². The highest BCUT2D eigenvalue weighted by Gasteiger charge is 2.53. The van der Waals surface area contributed by atoms with E-state index in [-0.39, 0.29) is 22.6 Å². The van der Waals surface area contributed by atoms with Gasteiger partial charge >= 0.3 is 6.03 Å². The van der Waals surface area contributed by atoms with E-state index in [9.17, 15) is 22.8 Å². The van der Waals surface area contributed by atoms with Gasteiger partial charge in [-0.3, -0.25) is 19.4 Å². The Balaban J connectivity index is 1.55. The van der Waals surface area contributed by atoms with Crippen LogP contribution in [0.4, 0.5) is 10.5 Å². The molecule has 33 heavy (non-hydrogen) atoms. The molecule has 4 rings (SSSR count). The van der Waals surface area contributed by atoms with E-state index < -0.39 is 27.5 Å². The monoisotopic (exact) mass is 493 g/mol. The second-order valence-corrected chi connectivity index (χ2v) is 12.3. The van der Waals surface area contributed by atoms with E-state index in [1.54, 1.807) is 12.1 Å². The maximum atomic E-state index is 13.1. The zero-order valence-electron chi connectivity index (χ0n) is 18.8. The molecule has 0 bridgehead atoms. The molecule has 1 aromatic rings. The van der Waals surface area contributed by atoms with Crippen molar-refractivity contribution in [3.05, 3.63) is 24.3 Å². The largest absolute Gasteiger partial charge is 0.325 e. The second kappa shape index (κ2) is 8.73. The molecule has 2 saturated heterocycles. The SMILES string of the molecule is CC1CN(C(=O)CN2C(=O)NC3(CCCC3)C2=O)C(=Nc2cccc(S(=O)(=O)N(C)C)c2)S1. The van der Waals surface area contributed by atoms with Crippen LogP contribution in [0.1, 0.15) is 32.6 Å². The standard InChI is InChI=1S/C21H27N5O5S2/c1-14-12-25(17(27)13-26-18(28)21(23-19(26)29)9-4-5-10-21)20(32-14)22-15-7-6-8-16(11-15)33(30,31)24(2)3/h6-8,11,14H,4-5,9-10,12-13H2,1-3H3,(H,23,29). The molecule has 0 radical (unpaired) electrons. The van der Waals surface area contributed by atoms with E-state index in [1.165, 1.54) is 42.9 Å². The molecular weight excluding hydrogens is 466 g/mol. The van der Waals surface area contributed by atoms with Gasteiger partial charge in [0.15, 0.2) is 5.17 Å². The number of urea groups is 1. The molecule has 1 aromatic carbocycles. The van der Waals surface area contributed by atoms with Gasteiger partial charge in [0.1, 0.15) is 12.1 Å². The number of aliphatic imine (C=N–C) groups is 1. The van der Waals surface area contributed by atoms with Gasteiger partial charge in [-0.1, -0.05) is 37.6 Å². The molecule has 3 fully saturated rings. The van der Waals surface area contributed by atoms with Gasteiger partial charge in [0.05, 0.1) is 10.6 Å². The lowest BCUT2D eigenvalue weighted by Gasteiger charge is -2.21. The normalized spacial score (nSPS) is 23.9. The Morgan fingerprint density at radius 2 is 1.97 bits per heavy atom. The Kier molecular flexibility index (Phi) is 6.27. The topological polar surface area (TPSA) is 119 Å². The number of hydrogen-bond acceptors (Lipinski definition) is 7. The number of hydrogen-bond donors (Lipinski definition) is 1. The quantitative estimate of drug-likeness (QED) is 0.624. The van der Waals surface area contributed by atoms with Gasteiger partial charge < -0.3 is 5.32 Å². The van der Waals surface area contributed by atoms with E-state index in [2.05, 4.69) is 10.3 Å². The zero-order valence-corrected chi connectivity index (χ0v) is 20.4. The van der Waals surface area contributed by atoms with Crippen molar-refractivity contribution in [2.75, 3.05) is 27.2 Å². The number of amidine groups is 1. The molecule has 2 aliphatic heterocycles. The first-order chi connectivity index (χ1) is 15.5. The van der Waals surface area contributed by atoms with Crippen LogP contribution in [0.3, 0.4) is 0 Å². The van der Waals surface area contributed by atoms with Crippen molar-refractivity contribution >= 4 is 50.5 Å². The molecule has 12 heteroatoms. The summed E-state index contributed by atoms with van der Waals surface area (Å²) in [6.45, 7) is 1.97. The highest BCUT2D eigenvalue weighted by Crippen LogP contribution is 2.35. The van der Waals surface area contributed by atoms with Gasteiger partial charge in [0.25, 0.3) is 5.91 Å². The molecule has 1 spiro atoms. The number of amides is 4. The average Bonchev–Trinajstić information content (AvgIpc) is 3.43. The predicted octanol–water partition coefficient (Wildman–Crippen LogP) is 1.75. The van der Waals surface area contributed by atoms with Crippen molar-refractivity contribution < 1.29 is 22.8 Å². The van der Waals surface area contributed by atoms with Crippen LogP contribution in [0.15, 0.2) is 34.2 Å². The number of rotatable bonds is 5. The van der Waals surface area contributed by atoms with E-state index in [1.807, 2.05) is 6.92 Å². The van der Waals surface area contributed by atoms with Crippen LogP contribution in [-0.2, 0) is 19.6 Å². The van der Waals surface area contributed by atoms with Gasteiger partial charge in [-0.15, -0.1) is 0 Å². The number of nitrogens with zero attached hydrogens (tertiary/aromatic N) is 4. The maximum Gasteiger partial charge on any atom is 0.325 e. The van der Waals surface area contributed by atoms with Gasteiger partial charge in [-0.2, -0.15) is 0 Å². The Bertz CT molecular complexity index is 1130. The molecule has 2 heterocycles.